The number of methoxy groups -OCH3 is 2. The summed E-state index contributed by atoms with van der Waals surface area (Å²) in [5.74, 6) is 1.78. The third-order valence-corrected chi connectivity index (χ3v) is 16.0. The summed E-state index contributed by atoms with van der Waals surface area (Å²) in [5.41, 5.74) is 5.69. The van der Waals surface area contributed by atoms with Crippen LogP contribution in [0.15, 0.2) is 181 Å². The number of fused-ring (bicyclic) bond motifs is 1. The molecular formula is C63H59ClF2N8O4. The third-order valence-electron chi connectivity index (χ3n) is 15.6. The molecule has 0 bridgehead atoms. The number of ether oxygens (including phenoxy) is 4. The second kappa shape index (κ2) is 21.3. The zero-order chi connectivity index (χ0) is 53.4. The first-order valence-electron chi connectivity index (χ1n) is 26.3. The first kappa shape index (κ1) is 50.6. The van der Waals surface area contributed by atoms with Gasteiger partial charge in [-0.05, 0) is 96.1 Å². The van der Waals surface area contributed by atoms with Crippen molar-refractivity contribution in [1.82, 2.24) is 29.7 Å². The molecule has 6 aromatic carbocycles. The fourth-order valence-electron chi connectivity index (χ4n) is 12.0. The Morgan fingerprint density at radius 2 is 1.45 bits per heavy atom. The van der Waals surface area contributed by atoms with Gasteiger partial charge >= 0.3 is 5.95 Å². The molecule has 78 heavy (non-hydrogen) atoms. The van der Waals surface area contributed by atoms with Gasteiger partial charge in [-0.15, -0.1) is 0 Å². The number of imidazole rings is 1. The topological polar surface area (TPSA) is 102 Å². The number of halogens is 3. The van der Waals surface area contributed by atoms with E-state index in [1.807, 2.05) is 103 Å². The molecule has 2 fully saturated rings. The molecule has 12 nitrogen and oxygen atoms in total. The molecule has 0 saturated carbocycles. The molecule has 1 N–H and O–H groups in total. The molecule has 2 saturated heterocycles. The average molecular weight is 1070 g/mol. The highest BCUT2D eigenvalue weighted by molar-refractivity contribution is 6.33. The van der Waals surface area contributed by atoms with Crippen LogP contribution in [-0.4, -0.2) is 76.6 Å². The van der Waals surface area contributed by atoms with E-state index >= 15 is 8.78 Å². The smallest absolute Gasteiger partial charge is 0.302 e. The van der Waals surface area contributed by atoms with Gasteiger partial charge in [-0.3, -0.25) is 9.89 Å². The van der Waals surface area contributed by atoms with Crippen molar-refractivity contribution in [2.24, 2.45) is 4.99 Å². The van der Waals surface area contributed by atoms with E-state index < -0.39 is 23.1 Å². The number of aryl methyl sites for hydroxylation is 1. The fraction of sp³-hybridized carbons (Fsp3) is 0.254. The van der Waals surface area contributed by atoms with Crippen LogP contribution in [0.1, 0.15) is 58.3 Å². The summed E-state index contributed by atoms with van der Waals surface area (Å²) in [4.78, 5) is 21.3. The highest BCUT2D eigenvalue weighted by atomic mass is 35.5. The van der Waals surface area contributed by atoms with Crippen LogP contribution >= 0.6 is 11.6 Å². The molecule has 4 aliphatic rings. The summed E-state index contributed by atoms with van der Waals surface area (Å²) < 4.78 is 60.4. The van der Waals surface area contributed by atoms with Gasteiger partial charge in [0.1, 0.15) is 48.1 Å². The number of hydrogen-bond donors (Lipinski definition) is 1. The van der Waals surface area contributed by atoms with E-state index in [9.17, 15) is 0 Å². The number of aromatic nitrogens is 3. The maximum atomic E-state index is 18.4. The average Bonchev–Trinajstić information content (AvgIpc) is 4.31. The van der Waals surface area contributed by atoms with Crippen molar-refractivity contribution in [3.63, 3.8) is 0 Å². The van der Waals surface area contributed by atoms with Crippen molar-refractivity contribution >= 4 is 23.2 Å². The van der Waals surface area contributed by atoms with E-state index in [-0.39, 0.29) is 42.1 Å². The van der Waals surface area contributed by atoms with Gasteiger partial charge in [0.25, 0.3) is 0 Å². The summed E-state index contributed by atoms with van der Waals surface area (Å²) in [6.45, 7) is 4.51. The second-order valence-corrected chi connectivity index (χ2v) is 20.8. The molecule has 6 heterocycles. The first-order valence-corrected chi connectivity index (χ1v) is 26.7. The Morgan fingerprint density at radius 3 is 2.05 bits per heavy atom. The Hall–Kier alpha value is -8.20. The number of anilines is 1. The summed E-state index contributed by atoms with van der Waals surface area (Å²) in [6.07, 6.45) is 6.54. The quantitative estimate of drug-likeness (QED) is 0.0887. The molecule has 0 unspecified atom stereocenters. The molecule has 0 amide bonds. The van der Waals surface area contributed by atoms with Gasteiger partial charge in [-0.1, -0.05) is 127 Å². The number of nitrogens with zero attached hydrogens (tertiary/aromatic N) is 7. The van der Waals surface area contributed by atoms with Crippen LogP contribution in [0.4, 0.5) is 14.6 Å². The monoisotopic (exact) mass is 1060 g/mol. The summed E-state index contributed by atoms with van der Waals surface area (Å²) in [7, 11) is 3.29. The van der Waals surface area contributed by atoms with E-state index in [1.165, 1.54) is 0 Å². The molecular weight excluding hydrogens is 1010 g/mol. The molecule has 396 valence electrons. The summed E-state index contributed by atoms with van der Waals surface area (Å²) in [5, 5.41) is 4.24. The Morgan fingerprint density at radius 1 is 0.833 bits per heavy atom. The molecule has 8 aromatic rings. The molecule has 2 atom stereocenters. The fourth-order valence-corrected chi connectivity index (χ4v) is 12.3. The standard InChI is InChI=1S/C63H59ClF2N8O4/c1-42-30-52(70-53(31-42)71(34-43-20-24-50(75-2)25-21-43)35-44-22-26-51(76-3)27-23-44)55-57(64)59-56-60(58(55)66)78-54(77-39-62-28-13-29-73(62)36-48(65)32-62)38-72(61(56)69-40-68-59)37-49-33-67-41-74(49)63(45-14-7-4-8-15-45,46-16-9-5-10-17-46)47-18-11-6-12-19-47/h4-12,14-27,30-31,33,38,41,48,69H,13,28-29,32,34-37,39-40H2,1-3H3/t48-,62+/m1/s1. The van der Waals surface area contributed by atoms with Crippen molar-refractivity contribution in [3.05, 3.63) is 237 Å². The largest absolute Gasteiger partial charge is 0.497 e. The third kappa shape index (κ3) is 9.36. The van der Waals surface area contributed by atoms with Crippen molar-refractivity contribution in [2.45, 2.75) is 63.1 Å². The lowest BCUT2D eigenvalue weighted by Crippen LogP contribution is -2.45. The van der Waals surface area contributed by atoms with Gasteiger partial charge in [-0.2, -0.15) is 0 Å². The normalized spacial score (nSPS) is 17.7. The number of alkyl halides is 1. The summed E-state index contributed by atoms with van der Waals surface area (Å²) >= 11 is 7.55. The van der Waals surface area contributed by atoms with Crippen molar-refractivity contribution < 1.29 is 27.7 Å². The van der Waals surface area contributed by atoms with Crippen LogP contribution in [0, 0.1) is 12.7 Å². The molecule has 2 aromatic heterocycles. The van der Waals surface area contributed by atoms with Gasteiger partial charge in [-0.25, -0.2) is 18.7 Å². The zero-order valence-corrected chi connectivity index (χ0v) is 44.5. The number of pyridine rings is 1. The number of benzene rings is 6. The van der Waals surface area contributed by atoms with E-state index in [2.05, 4.69) is 92.5 Å². The van der Waals surface area contributed by atoms with Gasteiger partial charge < -0.3 is 38.6 Å². The number of rotatable bonds is 17. The Balaban J connectivity index is 1.00. The van der Waals surface area contributed by atoms with Crippen LogP contribution in [-0.2, 0) is 29.9 Å². The van der Waals surface area contributed by atoms with E-state index in [0.29, 0.717) is 54.0 Å². The zero-order valence-electron chi connectivity index (χ0n) is 43.7. The minimum atomic E-state index is -0.978. The van der Waals surface area contributed by atoms with Crippen LogP contribution in [0.2, 0.25) is 5.02 Å². The molecule has 0 spiro atoms. The Bertz CT molecular complexity index is 3480. The molecule has 0 radical (unpaired) electrons. The van der Waals surface area contributed by atoms with Crippen LogP contribution in [0.25, 0.3) is 17.1 Å². The second-order valence-electron chi connectivity index (χ2n) is 20.4. The van der Waals surface area contributed by atoms with Crippen LogP contribution in [0.3, 0.4) is 0 Å². The first-order chi connectivity index (χ1) is 38.1. The predicted molar refractivity (Wildman–Crippen MR) is 298 cm³/mol. The summed E-state index contributed by atoms with van der Waals surface area (Å²) in [6, 6.07) is 50.8. The molecule has 0 aliphatic carbocycles. The minimum absolute atomic E-state index is 0.0335. The van der Waals surface area contributed by atoms with Gasteiger partial charge in [0.15, 0.2) is 11.6 Å². The Labute approximate surface area is 457 Å². The van der Waals surface area contributed by atoms with Gasteiger partial charge in [0.05, 0.1) is 77.6 Å². The SMILES string of the molecule is COc1ccc(CN(Cc2ccc(OC)cc2)c2cc(C)cc(-c3c(F)c4c5c(c3Cl)=NCNC=5N(Cc3cncn3C(c3ccccc3)(c3ccccc3)c3ccccc3)C=C(OC[C@@]35CCCN3C[C@H](F)C5)O4)n2)cc1. The highest BCUT2D eigenvalue weighted by Gasteiger charge is 2.50. The molecule has 4 aliphatic heterocycles. The van der Waals surface area contributed by atoms with Crippen molar-refractivity contribution in [2.75, 3.05) is 45.5 Å². The van der Waals surface area contributed by atoms with Crippen LogP contribution < -0.4 is 35.0 Å². The predicted octanol–water partition coefficient (Wildman–Crippen LogP) is 10.6. The highest BCUT2D eigenvalue weighted by Crippen LogP contribution is 2.44. The maximum Gasteiger partial charge on any atom is 0.302 e. The minimum Gasteiger partial charge on any atom is -0.497 e. The molecule has 15 heteroatoms. The van der Waals surface area contributed by atoms with Crippen LogP contribution in [0.5, 0.6) is 17.2 Å². The van der Waals surface area contributed by atoms with Crippen molar-refractivity contribution in [3.8, 4) is 28.5 Å². The Kier molecular flexibility index (Phi) is 13.8. The number of hydrogen-bond acceptors (Lipinski definition) is 11. The van der Waals surface area contributed by atoms with Gasteiger partial charge in [0, 0.05) is 26.1 Å². The van der Waals surface area contributed by atoms with Gasteiger partial charge in [0.2, 0.25) is 0 Å². The lowest BCUT2D eigenvalue weighted by molar-refractivity contribution is 0.0255. The van der Waals surface area contributed by atoms with E-state index in [4.69, 9.17) is 45.5 Å². The van der Waals surface area contributed by atoms with E-state index in [1.54, 1.807) is 20.4 Å². The van der Waals surface area contributed by atoms with Crippen molar-refractivity contribution in [1.29, 1.82) is 0 Å². The maximum absolute atomic E-state index is 18.4. The molecule has 12 rings (SSSR count). The van der Waals surface area contributed by atoms with E-state index in [0.717, 1.165) is 70.0 Å². The lowest BCUT2D eigenvalue weighted by Gasteiger charge is -2.39. The number of nitrogens with one attached hydrogen (secondary N) is 1. The lowest BCUT2D eigenvalue weighted by atomic mass is 9.76.